The monoisotopic (exact) mass is 281 g/mol. The summed E-state index contributed by atoms with van der Waals surface area (Å²) in [6, 6.07) is 0. The third-order valence-electron chi connectivity index (χ3n) is 2.01. The molecule has 0 bridgehead atoms. The molecule has 10 heteroatoms. The quantitative estimate of drug-likeness (QED) is 0.630. The fourth-order valence-electron chi connectivity index (χ4n) is 1.19. The summed E-state index contributed by atoms with van der Waals surface area (Å²) in [6.45, 7) is -0.819. The molecule has 0 aliphatic rings. The highest BCUT2D eigenvalue weighted by atomic mass is 19.4. The molecular formula is C9H10F3N3O4. The van der Waals surface area contributed by atoms with Gasteiger partial charge in [-0.05, 0) is 0 Å². The van der Waals surface area contributed by atoms with Gasteiger partial charge in [0.25, 0.3) is 5.91 Å². The van der Waals surface area contributed by atoms with E-state index in [-0.39, 0.29) is 17.9 Å². The molecule has 1 aromatic heterocycles. The Balaban J connectivity index is 2.66. The van der Waals surface area contributed by atoms with E-state index in [1.165, 1.54) is 6.20 Å². The van der Waals surface area contributed by atoms with Crippen molar-refractivity contribution in [3.63, 3.8) is 0 Å². The summed E-state index contributed by atoms with van der Waals surface area (Å²) in [6.07, 6.45) is -5.64. The predicted octanol–water partition coefficient (Wildman–Crippen LogP) is -0.483. The zero-order valence-corrected chi connectivity index (χ0v) is 9.40. The molecule has 1 rings (SSSR count). The number of amides is 1. The fourth-order valence-corrected chi connectivity index (χ4v) is 1.19. The summed E-state index contributed by atoms with van der Waals surface area (Å²) in [5, 5.41) is 8.84. The van der Waals surface area contributed by atoms with E-state index in [0.717, 1.165) is 0 Å². The first kappa shape index (κ1) is 15.0. The van der Waals surface area contributed by atoms with Gasteiger partial charge in [-0.15, -0.1) is 0 Å². The molecule has 106 valence electrons. The Morgan fingerprint density at radius 1 is 1.53 bits per heavy atom. The number of imidazole rings is 1. The summed E-state index contributed by atoms with van der Waals surface area (Å²) in [5.41, 5.74) is 5.04. The van der Waals surface area contributed by atoms with Crippen LogP contribution in [0, 0.1) is 0 Å². The maximum atomic E-state index is 12.0. The Hall–Kier alpha value is -2.10. The van der Waals surface area contributed by atoms with Gasteiger partial charge in [0, 0.05) is 12.6 Å². The molecular weight excluding hydrogens is 271 g/mol. The SMILES string of the molecule is NC(=O)c1nc(C[C@@H](CO)OC(=O)C(F)(F)F)c[nH]1. The van der Waals surface area contributed by atoms with Crippen LogP contribution in [0.4, 0.5) is 13.2 Å². The van der Waals surface area contributed by atoms with Crippen molar-refractivity contribution in [1.82, 2.24) is 9.97 Å². The van der Waals surface area contributed by atoms with E-state index in [0.29, 0.717) is 0 Å². The highest BCUT2D eigenvalue weighted by molar-refractivity contribution is 5.88. The summed E-state index contributed by atoms with van der Waals surface area (Å²) >= 11 is 0. The van der Waals surface area contributed by atoms with E-state index in [4.69, 9.17) is 10.8 Å². The van der Waals surface area contributed by atoms with Crippen LogP contribution >= 0.6 is 0 Å². The number of carbonyl (C=O) groups is 2. The third-order valence-corrected chi connectivity index (χ3v) is 2.01. The molecule has 0 unspecified atom stereocenters. The van der Waals surface area contributed by atoms with Gasteiger partial charge in [0.15, 0.2) is 5.82 Å². The molecule has 1 amide bonds. The normalized spacial score (nSPS) is 13.1. The van der Waals surface area contributed by atoms with Gasteiger partial charge in [-0.3, -0.25) is 4.79 Å². The number of aromatic nitrogens is 2. The van der Waals surface area contributed by atoms with Crippen molar-refractivity contribution in [2.24, 2.45) is 5.73 Å². The highest BCUT2D eigenvalue weighted by Gasteiger charge is 2.42. The molecule has 7 nitrogen and oxygen atoms in total. The zero-order chi connectivity index (χ0) is 14.6. The molecule has 0 aliphatic heterocycles. The molecule has 0 aromatic carbocycles. The number of alkyl halides is 3. The predicted molar refractivity (Wildman–Crippen MR) is 53.8 cm³/mol. The van der Waals surface area contributed by atoms with E-state index in [1.807, 2.05) is 0 Å². The van der Waals surface area contributed by atoms with Gasteiger partial charge >= 0.3 is 12.1 Å². The Labute approximate surface area is 104 Å². The number of esters is 1. The number of ether oxygens (including phenoxy) is 1. The number of aliphatic hydroxyl groups excluding tert-OH is 1. The number of nitrogens with zero attached hydrogens (tertiary/aromatic N) is 1. The minimum Gasteiger partial charge on any atom is -0.453 e. The Bertz CT molecular complexity index is 472. The van der Waals surface area contributed by atoms with Gasteiger partial charge < -0.3 is 20.6 Å². The summed E-state index contributed by atoms with van der Waals surface area (Å²) < 4.78 is 39.9. The summed E-state index contributed by atoms with van der Waals surface area (Å²) in [7, 11) is 0. The van der Waals surface area contributed by atoms with Crippen LogP contribution in [0.1, 0.15) is 16.3 Å². The molecule has 0 saturated carbocycles. The second kappa shape index (κ2) is 5.69. The molecule has 0 spiro atoms. The van der Waals surface area contributed by atoms with Crippen molar-refractivity contribution < 1.29 is 32.6 Å². The molecule has 0 saturated heterocycles. The van der Waals surface area contributed by atoms with Crippen molar-refractivity contribution in [3.8, 4) is 0 Å². The number of hydrogen-bond acceptors (Lipinski definition) is 5. The van der Waals surface area contributed by atoms with E-state index >= 15 is 0 Å². The molecule has 0 fully saturated rings. The van der Waals surface area contributed by atoms with Crippen LogP contribution in [-0.4, -0.2) is 45.8 Å². The first-order chi connectivity index (χ1) is 8.74. The van der Waals surface area contributed by atoms with Crippen LogP contribution in [0.25, 0.3) is 0 Å². The molecule has 1 heterocycles. The van der Waals surface area contributed by atoms with Gasteiger partial charge in [0.05, 0.1) is 12.3 Å². The van der Waals surface area contributed by atoms with Crippen LogP contribution in [0.3, 0.4) is 0 Å². The molecule has 1 atom stereocenters. The summed E-state index contributed by atoms with van der Waals surface area (Å²) in [4.78, 5) is 27.3. The van der Waals surface area contributed by atoms with Crippen LogP contribution in [0.2, 0.25) is 0 Å². The average Bonchev–Trinajstić information content (AvgIpc) is 2.75. The van der Waals surface area contributed by atoms with E-state index in [9.17, 15) is 22.8 Å². The summed E-state index contributed by atoms with van der Waals surface area (Å²) in [5.74, 6) is -3.44. The largest absolute Gasteiger partial charge is 0.490 e. The lowest BCUT2D eigenvalue weighted by Crippen LogP contribution is -2.33. The second-order valence-corrected chi connectivity index (χ2v) is 3.52. The van der Waals surface area contributed by atoms with Crippen molar-refractivity contribution in [3.05, 3.63) is 17.7 Å². The second-order valence-electron chi connectivity index (χ2n) is 3.52. The zero-order valence-electron chi connectivity index (χ0n) is 9.40. The lowest BCUT2D eigenvalue weighted by Gasteiger charge is -2.15. The van der Waals surface area contributed by atoms with Gasteiger partial charge in [0.2, 0.25) is 0 Å². The fraction of sp³-hybridized carbons (Fsp3) is 0.444. The van der Waals surface area contributed by atoms with Gasteiger partial charge in [-0.2, -0.15) is 13.2 Å². The number of halogens is 3. The maximum Gasteiger partial charge on any atom is 0.490 e. The minimum absolute atomic E-state index is 0.128. The number of aromatic amines is 1. The van der Waals surface area contributed by atoms with Crippen LogP contribution in [0.15, 0.2) is 6.20 Å². The number of nitrogens with one attached hydrogen (secondary N) is 1. The lowest BCUT2D eigenvalue weighted by atomic mass is 10.2. The van der Waals surface area contributed by atoms with E-state index < -0.39 is 30.8 Å². The third kappa shape index (κ3) is 4.25. The van der Waals surface area contributed by atoms with Crippen LogP contribution in [0.5, 0.6) is 0 Å². The van der Waals surface area contributed by atoms with Crippen molar-refractivity contribution in [2.45, 2.75) is 18.7 Å². The first-order valence-electron chi connectivity index (χ1n) is 4.96. The van der Waals surface area contributed by atoms with Crippen molar-refractivity contribution in [1.29, 1.82) is 0 Å². The van der Waals surface area contributed by atoms with Gasteiger partial charge in [-0.1, -0.05) is 0 Å². The van der Waals surface area contributed by atoms with Crippen molar-refractivity contribution >= 4 is 11.9 Å². The average molecular weight is 281 g/mol. The van der Waals surface area contributed by atoms with Gasteiger partial charge in [0.1, 0.15) is 6.10 Å². The molecule has 1 aromatic rings. The molecule has 4 N–H and O–H groups in total. The molecule has 19 heavy (non-hydrogen) atoms. The van der Waals surface area contributed by atoms with Crippen LogP contribution in [-0.2, 0) is 16.0 Å². The first-order valence-corrected chi connectivity index (χ1v) is 4.96. The van der Waals surface area contributed by atoms with E-state index in [2.05, 4.69) is 14.7 Å². The number of H-pyrrole nitrogens is 1. The number of primary amides is 1. The minimum atomic E-state index is -5.14. The van der Waals surface area contributed by atoms with Crippen molar-refractivity contribution in [2.75, 3.05) is 6.61 Å². The smallest absolute Gasteiger partial charge is 0.453 e. The Kier molecular flexibility index (Phi) is 4.48. The van der Waals surface area contributed by atoms with Gasteiger partial charge in [-0.25, -0.2) is 9.78 Å². The maximum absolute atomic E-state index is 12.0. The molecule has 0 radical (unpaired) electrons. The highest BCUT2D eigenvalue weighted by Crippen LogP contribution is 2.18. The van der Waals surface area contributed by atoms with Crippen LogP contribution < -0.4 is 5.73 Å². The number of rotatable bonds is 5. The number of hydrogen-bond donors (Lipinski definition) is 3. The topological polar surface area (TPSA) is 118 Å². The lowest BCUT2D eigenvalue weighted by molar-refractivity contribution is -0.206. The Morgan fingerprint density at radius 2 is 2.16 bits per heavy atom. The number of nitrogens with two attached hydrogens (primary N) is 1. The standard InChI is InChI=1S/C9H10F3N3O4/c10-9(11,12)8(18)19-5(3-16)1-4-2-14-7(15-4)6(13)17/h2,5,16H,1,3H2,(H2,13,17)(H,14,15)/t5-/m0/s1. The number of carbonyl (C=O) groups excluding carboxylic acids is 2. The van der Waals surface area contributed by atoms with E-state index in [1.54, 1.807) is 0 Å². The number of aliphatic hydroxyl groups is 1. The Morgan fingerprint density at radius 3 is 2.58 bits per heavy atom. The molecule has 0 aliphatic carbocycles.